The summed E-state index contributed by atoms with van der Waals surface area (Å²) in [7, 11) is -3.23. The Labute approximate surface area is 110 Å². The fourth-order valence-electron chi connectivity index (χ4n) is 2.74. The van der Waals surface area contributed by atoms with E-state index < -0.39 is 15.6 Å². The van der Waals surface area contributed by atoms with Crippen molar-refractivity contribution in [1.82, 2.24) is 10.0 Å². The van der Waals surface area contributed by atoms with Crippen molar-refractivity contribution in [3.8, 4) is 0 Å². The molecular weight excluding hydrogens is 252 g/mol. The van der Waals surface area contributed by atoms with E-state index in [9.17, 15) is 8.42 Å². The summed E-state index contributed by atoms with van der Waals surface area (Å²) in [5, 5.41) is 3.25. The van der Waals surface area contributed by atoms with E-state index in [-0.39, 0.29) is 17.8 Å². The lowest BCUT2D eigenvalue weighted by Gasteiger charge is -2.30. The SMILES string of the molecule is CC1OCCC1(C)NS(=O)(=O)CC1CCCNC1. The second kappa shape index (κ2) is 5.45. The predicted octanol–water partition coefficient (Wildman–Crippen LogP) is 0.473. The van der Waals surface area contributed by atoms with Gasteiger partial charge in [0.05, 0.1) is 17.4 Å². The topological polar surface area (TPSA) is 67.4 Å². The summed E-state index contributed by atoms with van der Waals surface area (Å²) in [6.07, 6.45) is 2.75. The van der Waals surface area contributed by atoms with Crippen LogP contribution in [0.25, 0.3) is 0 Å². The number of nitrogens with one attached hydrogen (secondary N) is 2. The van der Waals surface area contributed by atoms with Gasteiger partial charge in [-0.15, -0.1) is 0 Å². The molecule has 0 aliphatic carbocycles. The quantitative estimate of drug-likeness (QED) is 0.783. The maximum Gasteiger partial charge on any atom is 0.212 e. The Morgan fingerprint density at radius 3 is 2.83 bits per heavy atom. The Morgan fingerprint density at radius 1 is 1.50 bits per heavy atom. The molecule has 0 saturated carbocycles. The van der Waals surface area contributed by atoms with Crippen LogP contribution in [0.15, 0.2) is 0 Å². The van der Waals surface area contributed by atoms with Crippen LogP contribution >= 0.6 is 0 Å². The van der Waals surface area contributed by atoms with E-state index in [1.807, 2.05) is 13.8 Å². The lowest BCUT2D eigenvalue weighted by atomic mass is 9.97. The molecule has 5 nitrogen and oxygen atoms in total. The molecule has 0 aromatic carbocycles. The molecule has 106 valence electrons. The summed E-state index contributed by atoms with van der Waals surface area (Å²) < 4.78 is 32.7. The minimum atomic E-state index is -3.23. The van der Waals surface area contributed by atoms with Crippen LogP contribution in [0.4, 0.5) is 0 Å². The molecule has 0 aromatic rings. The highest BCUT2D eigenvalue weighted by Gasteiger charge is 2.40. The van der Waals surface area contributed by atoms with Crippen LogP contribution in [0.3, 0.4) is 0 Å². The molecule has 3 unspecified atom stereocenters. The van der Waals surface area contributed by atoms with E-state index in [1.165, 1.54) is 0 Å². The van der Waals surface area contributed by atoms with Crippen molar-refractivity contribution in [2.45, 2.75) is 44.8 Å². The third kappa shape index (κ3) is 3.44. The molecular formula is C12H24N2O3S. The third-order valence-electron chi connectivity index (χ3n) is 4.13. The Morgan fingerprint density at radius 2 is 2.28 bits per heavy atom. The van der Waals surface area contributed by atoms with E-state index in [2.05, 4.69) is 10.0 Å². The first-order valence-corrected chi connectivity index (χ1v) is 8.40. The van der Waals surface area contributed by atoms with E-state index in [0.717, 1.165) is 32.4 Å². The molecule has 0 aromatic heterocycles. The van der Waals surface area contributed by atoms with Crippen LogP contribution < -0.4 is 10.0 Å². The van der Waals surface area contributed by atoms with Crippen molar-refractivity contribution < 1.29 is 13.2 Å². The third-order valence-corrected chi connectivity index (χ3v) is 5.82. The Bertz CT molecular complexity index is 379. The lowest BCUT2D eigenvalue weighted by Crippen LogP contribution is -2.52. The van der Waals surface area contributed by atoms with Crippen molar-refractivity contribution in [2.24, 2.45) is 5.92 Å². The van der Waals surface area contributed by atoms with Crippen molar-refractivity contribution >= 4 is 10.0 Å². The van der Waals surface area contributed by atoms with Gasteiger partial charge in [-0.25, -0.2) is 13.1 Å². The number of hydrogen-bond donors (Lipinski definition) is 2. The molecule has 2 rings (SSSR count). The molecule has 0 bridgehead atoms. The summed E-state index contributed by atoms with van der Waals surface area (Å²) in [4.78, 5) is 0. The molecule has 6 heteroatoms. The summed E-state index contributed by atoms with van der Waals surface area (Å²) in [6, 6.07) is 0. The smallest absolute Gasteiger partial charge is 0.212 e. The normalized spacial score (nSPS) is 37.9. The zero-order chi connectivity index (χ0) is 13.2. The largest absolute Gasteiger partial charge is 0.376 e. The summed E-state index contributed by atoms with van der Waals surface area (Å²) in [5.74, 6) is 0.458. The summed E-state index contributed by atoms with van der Waals surface area (Å²) >= 11 is 0. The maximum atomic E-state index is 12.2. The average molecular weight is 276 g/mol. The van der Waals surface area contributed by atoms with Gasteiger partial charge in [0.15, 0.2) is 0 Å². The highest BCUT2D eigenvalue weighted by molar-refractivity contribution is 7.89. The van der Waals surface area contributed by atoms with E-state index >= 15 is 0 Å². The second-order valence-electron chi connectivity index (χ2n) is 5.78. The van der Waals surface area contributed by atoms with Crippen molar-refractivity contribution in [3.63, 3.8) is 0 Å². The van der Waals surface area contributed by atoms with E-state index in [1.54, 1.807) is 0 Å². The Balaban J connectivity index is 1.94. The van der Waals surface area contributed by atoms with Gasteiger partial charge in [-0.3, -0.25) is 0 Å². The minimum Gasteiger partial charge on any atom is -0.376 e. The van der Waals surface area contributed by atoms with Gasteiger partial charge in [0, 0.05) is 6.61 Å². The standard InChI is InChI=1S/C12H24N2O3S/c1-10-12(2,5-7-17-10)14-18(15,16)9-11-4-3-6-13-8-11/h10-11,13-14H,3-9H2,1-2H3. The molecule has 3 atom stereocenters. The summed E-state index contributed by atoms with van der Waals surface area (Å²) in [6.45, 7) is 6.31. The first-order chi connectivity index (χ1) is 8.41. The van der Waals surface area contributed by atoms with Crippen molar-refractivity contribution in [3.05, 3.63) is 0 Å². The van der Waals surface area contributed by atoms with Gasteiger partial charge in [-0.2, -0.15) is 0 Å². The van der Waals surface area contributed by atoms with Gasteiger partial charge in [0.2, 0.25) is 10.0 Å². The number of sulfonamides is 1. The van der Waals surface area contributed by atoms with E-state index in [0.29, 0.717) is 6.61 Å². The van der Waals surface area contributed by atoms with Crippen LogP contribution in [0.5, 0.6) is 0 Å². The van der Waals surface area contributed by atoms with E-state index in [4.69, 9.17) is 4.74 Å². The molecule has 2 N–H and O–H groups in total. The zero-order valence-corrected chi connectivity index (χ0v) is 12.1. The molecule has 18 heavy (non-hydrogen) atoms. The first-order valence-electron chi connectivity index (χ1n) is 6.75. The first kappa shape index (κ1) is 14.2. The molecule has 2 aliphatic heterocycles. The van der Waals surface area contributed by atoms with Crippen molar-refractivity contribution in [2.75, 3.05) is 25.4 Å². The molecule has 0 radical (unpaired) electrons. The average Bonchev–Trinajstić information content (AvgIpc) is 2.58. The highest BCUT2D eigenvalue weighted by Crippen LogP contribution is 2.26. The molecule has 2 saturated heterocycles. The van der Waals surface area contributed by atoms with Crippen LogP contribution in [-0.4, -0.2) is 45.5 Å². The summed E-state index contributed by atoms with van der Waals surface area (Å²) in [5.41, 5.74) is -0.444. The molecule has 2 fully saturated rings. The fraction of sp³-hybridized carbons (Fsp3) is 1.00. The molecule has 0 spiro atoms. The number of piperidine rings is 1. The van der Waals surface area contributed by atoms with Crippen LogP contribution in [-0.2, 0) is 14.8 Å². The van der Waals surface area contributed by atoms with Gasteiger partial charge >= 0.3 is 0 Å². The maximum absolute atomic E-state index is 12.2. The fourth-order valence-corrected chi connectivity index (χ4v) is 4.71. The van der Waals surface area contributed by atoms with Crippen molar-refractivity contribution in [1.29, 1.82) is 0 Å². The highest BCUT2D eigenvalue weighted by atomic mass is 32.2. The minimum absolute atomic E-state index is 0.0586. The number of hydrogen-bond acceptors (Lipinski definition) is 4. The lowest BCUT2D eigenvalue weighted by molar-refractivity contribution is 0.0957. The predicted molar refractivity (Wildman–Crippen MR) is 71.0 cm³/mol. The molecule has 0 amide bonds. The monoisotopic (exact) mass is 276 g/mol. The zero-order valence-electron chi connectivity index (χ0n) is 11.2. The van der Waals surface area contributed by atoms with Gasteiger partial charge in [0.1, 0.15) is 0 Å². The van der Waals surface area contributed by atoms with Crippen LogP contribution in [0.2, 0.25) is 0 Å². The van der Waals surface area contributed by atoms with Gasteiger partial charge in [0.25, 0.3) is 0 Å². The Hall–Kier alpha value is -0.170. The molecule has 2 heterocycles. The number of ether oxygens (including phenoxy) is 1. The molecule has 2 aliphatic rings. The van der Waals surface area contributed by atoms with Crippen LogP contribution in [0, 0.1) is 5.92 Å². The number of rotatable bonds is 4. The second-order valence-corrected chi connectivity index (χ2v) is 7.54. The van der Waals surface area contributed by atoms with Gasteiger partial charge < -0.3 is 10.1 Å². The van der Waals surface area contributed by atoms with Gasteiger partial charge in [-0.05, 0) is 52.1 Å². The van der Waals surface area contributed by atoms with Gasteiger partial charge in [-0.1, -0.05) is 0 Å². The van der Waals surface area contributed by atoms with Crippen LogP contribution in [0.1, 0.15) is 33.1 Å². The Kier molecular flexibility index (Phi) is 4.31.